The molecule has 0 spiro atoms. The second kappa shape index (κ2) is 8.73. The standard InChI is InChI=1S/C24H22FNO5/c1-30-23-11-18(19(25)13-26-23)14-2-4-15(5-3-14)21-9-8-16-6-7-17(10-22(16)31-21)20(27)12-24(28)29/h2-7,10-11,13,20-21,27H,8-9,12H2,1H3,(H,28,29)/t20-,21?/m1/s1. The molecule has 4 rings (SSSR count). The second-order valence-corrected chi connectivity index (χ2v) is 7.45. The van der Waals surface area contributed by atoms with Crippen molar-refractivity contribution in [2.24, 2.45) is 0 Å². The molecule has 1 aliphatic heterocycles. The number of hydrogen-bond donors (Lipinski definition) is 2. The van der Waals surface area contributed by atoms with Crippen LogP contribution in [0.5, 0.6) is 11.6 Å². The largest absolute Gasteiger partial charge is 0.485 e. The maximum atomic E-state index is 14.2. The Bertz CT molecular complexity index is 1100. The minimum absolute atomic E-state index is 0.190. The summed E-state index contributed by atoms with van der Waals surface area (Å²) in [6.45, 7) is 0. The highest BCUT2D eigenvalue weighted by molar-refractivity contribution is 5.68. The summed E-state index contributed by atoms with van der Waals surface area (Å²) in [5.41, 5.74) is 3.60. The topological polar surface area (TPSA) is 88.9 Å². The fourth-order valence-corrected chi connectivity index (χ4v) is 3.74. The first-order chi connectivity index (χ1) is 14.9. The summed E-state index contributed by atoms with van der Waals surface area (Å²) in [5.74, 6) is -0.503. The van der Waals surface area contributed by atoms with Gasteiger partial charge in [0.25, 0.3) is 0 Å². The van der Waals surface area contributed by atoms with Gasteiger partial charge in [0, 0.05) is 11.6 Å². The maximum Gasteiger partial charge on any atom is 0.306 e. The SMILES string of the molecule is COc1cc(-c2ccc(C3CCc4ccc([C@H](O)CC(=O)O)cc4O3)cc2)c(F)cn1. The molecular formula is C24H22FNO5. The van der Waals surface area contributed by atoms with Crippen molar-refractivity contribution in [1.29, 1.82) is 0 Å². The zero-order valence-electron chi connectivity index (χ0n) is 16.9. The molecule has 0 saturated heterocycles. The van der Waals surface area contributed by atoms with E-state index >= 15 is 0 Å². The fraction of sp³-hybridized carbons (Fsp3) is 0.250. The molecule has 0 fully saturated rings. The Hall–Kier alpha value is -3.45. The number of carbonyl (C=O) groups is 1. The Labute approximate surface area is 178 Å². The highest BCUT2D eigenvalue weighted by Crippen LogP contribution is 2.37. The van der Waals surface area contributed by atoms with Gasteiger partial charge in [-0.25, -0.2) is 9.37 Å². The number of aliphatic hydroxyl groups excluding tert-OH is 1. The second-order valence-electron chi connectivity index (χ2n) is 7.45. The lowest BCUT2D eigenvalue weighted by atomic mass is 9.94. The summed E-state index contributed by atoms with van der Waals surface area (Å²) in [7, 11) is 1.48. The maximum absolute atomic E-state index is 14.2. The Morgan fingerprint density at radius 3 is 2.74 bits per heavy atom. The molecular weight excluding hydrogens is 401 g/mol. The van der Waals surface area contributed by atoms with Gasteiger partial charge in [-0.15, -0.1) is 0 Å². The third-order valence-corrected chi connectivity index (χ3v) is 5.42. The number of aryl methyl sites for hydroxylation is 1. The van der Waals surface area contributed by atoms with Gasteiger partial charge < -0.3 is 19.7 Å². The molecule has 2 N–H and O–H groups in total. The van der Waals surface area contributed by atoms with Gasteiger partial charge in [0.15, 0.2) is 0 Å². The lowest BCUT2D eigenvalue weighted by Gasteiger charge is -2.27. The Balaban J connectivity index is 1.54. The smallest absolute Gasteiger partial charge is 0.306 e. The number of pyridine rings is 1. The van der Waals surface area contributed by atoms with Crippen molar-refractivity contribution in [2.75, 3.05) is 7.11 Å². The summed E-state index contributed by atoms with van der Waals surface area (Å²) in [6.07, 6.45) is 1.08. The average molecular weight is 423 g/mol. The number of aliphatic carboxylic acids is 1. The van der Waals surface area contributed by atoms with Gasteiger partial charge in [-0.3, -0.25) is 4.79 Å². The minimum Gasteiger partial charge on any atom is -0.485 e. The third kappa shape index (κ3) is 4.51. The van der Waals surface area contributed by atoms with Crippen molar-refractivity contribution in [1.82, 2.24) is 4.98 Å². The quantitative estimate of drug-likeness (QED) is 0.608. The Morgan fingerprint density at radius 1 is 1.26 bits per heavy atom. The number of aliphatic hydroxyl groups is 1. The molecule has 0 bridgehead atoms. The van der Waals surface area contributed by atoms with Crippen LogP contribution in [-0.4, -0.2) is 28.3 Å². The molecule has 0 aliphatic carbocycles. The molecule has 160 valence electrons. The lowest BCUT2D eigenvalue weighted by Crippen LogP contribution is -2.16. The monoisotopic (exact) mass is 423 g/mol. The molecule has 7 heteroatoms. The van der Waals surface area contributed by atoms with Gasteiger partial charge in [0.1, 0.15) is 17.7 Å². The normalized spacial score (nSPS) is 16.2. The van der Waals surface area contributed by atoms with Crippen LogP contribution in [0.25, 0.3) is 11.1 Å². The predicted octanol–water partition coefficient (Wildman–Crippen LogP) is 4.47. The summed E-state index contributed by atoms with van der Waals surface area (Å²) < 4.78 is 25.4. The number of ether oxygens (including phenoxy) is 2. The van der Waals surface area contributed by atoms with Crippen LogP contribution >= 0.6 is 0 Å². The van der Waals surface area contributed by atoms with E-state index in [0.29, 0.717) is 28.3 Å². The van der Waals surface area contributed by atoms with Gasteiger partial charge in [-0.2, -0.15) is 0 Å². The van der Waals surface area contributed by atoms with Crippen molar-refractivity contribution in [3.8, 4) is 22.8 Å². The molecule has 2 atom stereocenters. The molecule has 0 radical (unpaired) electrons. The molecule has 31 heavy (non-hydrogen) atoms. The number of halogens is 1. The third-order valence-electron chi connectivity index (χ3n) is 5.42. The molecule has 1 aromatic heterocycles. The predicted molar refractivity (Wildman–Crippen MR) is 112 cm³/mol. The summed E-state index contributed by atoms with van der Waals surface area (Å²) in [6, 6.07) is 14.3. The molecule has 1 unspecified atom stereocenters. The van der Waals surface area contributed by atoms with Crippen LogP contribution < -0.4 is 9.47 Å². The van der Waals surface area contributed by atoms with E-state index < -0.39 is 17.9 Å². The van der Waals surface area contributed by atoms with Crippen molar-refractivity contribution in [3.63, 3.8) is 0 Å². The number of benzene rings is 2. The zero-order chi connectivity index (χ0) is 22.0. The van der Waals surface area contributed by atoms with E-state index in [1.54, 1.807) is 18.2 Å². The summed E-state index contributed by atoms with van der Waals surface area (Å²) in [4.78, 5) is 14.7. The number of fused-ring (bicyclic) bond motifs is 1. The number of hydrogen-bond acceptors (Lipinski definition) is 5. The van der Waals surface area contributed by atoms with Gasteiger partial charge in [-0.05, 0) is 41.2 Å². The highest BCUT2D eigenvalue weighted by atomic mass is 19.1. The van der Waals surface area contributed by atoms with Crippen molar-refractivity contribution >= 4 is 5.97 Å². The molecule has 2 aromatic carbocycles. The van der Waals surface area contributed by atoms with Crippen LogP contribution in [0, 0.1) is 5.82 Å². The highest BCUT2D eigenvalue weighted by Gasteiger charge is 2.23. The number of nitrogens with zero attached hydrogens (tertiary/aromatic N) is 1. The number of carboxylic acids is 1. The zero-order valence-corrected chi connectivity index (χ0v) is 16.9. The summed E-state index contributed by atoms with van der Waals surface area (Å²) >= 11 is 0. The van der Waals surface area contributed by atoms with E-state index in [1.807, 2.05) is 30.3 Å². The van der Waals surface area contributed by atoms with E-state index in [0.717, 1.165) is 30.2 Å². The van der Waals surface area contributed by atoms with E-state index in [1.165, 1.54) is 7.11 Å². The van der Waals surface area contributed by atoms with E-state index in [2.05, 4.69) is 4.98 Å². The number of rotatable bonds is 6. The van der Waals surface area contributed by atoms with Gasteiger partial charge in [0.2, 0.25) is 5.88 Å². The summed E-state index contributed by atoms with van der Waals surface area (Å²) in [5, 5.41) is 19.0. The molecule has 0 saturated carbocycles. The Morgan fingerprint density at radius 2 is 2.03 bits per heavy atom. The van der Waals surface area contributed by atoms with Crippen LogP contribution in [0.2, 0.25) is 0 Å². The minimum atomic E-state index is -1.08. The first-order valence-corrected chi connectivity index (χ1v) is 9.94. The first kappa shape index (κ1) is 20.8. The van der Waals surface area contributed by atoms with Crippen LogP contribution in [-0.2, 0) is 11.2 Å². The first-order valence-electron chi connectivity index (χ1n) is 9.94. The van der Waals surface area contributed by atoms with Crippen LogP contribution in [0.15, 0.2) is 54.7 Å². The van der Waals surface area contributed by atoms with Gasteiger partial charge in [0.05, 0.1) is 25.8 Å². The van der Waals surface area contributed by atoms with E-state index in [9.17, 15) is 14.3 Å². The average Bonchev–Trinajstić information content (AvgIpc) is 2.78. The van der Waals surface area contributed by atoms with Gasteiger partial charge in [-0.1, -0.05) is 36.4 Å². The molecule has 3 aromatic rings. The van der Waals surface area contributed by atoms with Crippen LogP contribution in [0.3, 0.4) is 0 Å². The van der Waals surface area contributed by atoms with Crippen molar-refractivity contribution in [3.05, 3.63) is 77.2 Å². The Kier molecular flexibility index (Phi) is 5.86. The number of aromatic nitrogens is 1. The van der Waals surface area contributed by atoms with E-state index in [-0.39, 0.29) is 12.5 Å². The van der Waals surface area contributed by atoms with E-state index in [4.69, 9.17) is 14.6 Å². The van der Waals surface area contributed by atoms with Crippen LogP contribution in [0.1, 0.15) is 41.7 Å². The van der Waals surface area contributed by atoms with Gasteiger partial charge >= 0.3 is 5.97 Å². The fourth-order valence-electron chi connectivity index (χ4n) is 3.74. The molecule has 0 amide bonds. The van der Waals surface area contributed by atoms with Crippen molar-refractivity contribution < 1.29 is 28.9 Å². The number of methoxy groups -OCH3 is 1. The molecule has 2 heterocycles. The van der Waals surface area contributed by atoms with Crippen LogP contribution in [0.4, 0.5) is 4.39 Å². The molecule has 1 aliphatic rings. The lowest BCUT2D eigenvalue weighted by molar-refractivity contribution is -0.139. The molecule has 6 nitrogen and oxygen atoms in total. The van der Waals surface area contributed by atoms with Crippen molar-refractivity contribution in [2.45, 2.75) is 31.5 Å². The number of carboxylic acid groups (broad SMARTS) is 1.